The molecule has 0 fully saturated rings. The van der Waals surface area contributed by atoms with Gasteiger partial charge in [-0.05, 0) is 36.6 Å². The van der Waals surface area contributed by atoms with Gasteiger partial charge in [-0.1, -0.05) is 6.07 Å². The summed E-state index contributed by atoms with van der Waals surface area (Å²) in [5, 5.41) is 1.97. The molecular formula is C17H15NO4S. The molecule has 0 amide bonds. The van der Waals surface area contributed by atoms with Gasteiger partial charge in [0.15, 0.2) is 17.3 Å². The van der Waals surface area contributed by atoms with Gasteiger partial charge in [-0.15, -0.1) is 11.3 Å². The van der Waals surface area contributed by atoms with E-state index in [4.69, 9.17) is 13.9 Å². The van der Waals surface area contributed by atoms with Crippen molar-refractivity contribution in [2.75, 3.05) is 7.11 Å². The number of hydrogen-bond acceptors (Lipinski definition) is 6. The third kappa shape index (κ3) is 3.43. The van der Waals surface area contributed by atoms with Gasteiger partial charge in [-0.3, -0.25) is 4.79 Å². The average molecular weight is 329 g/mol. The van der Waals surface area contributed by atoms with Crippen molar-refractivity contribution < 1.29 is 18.7 Å². The molecule has 0 saturated heterocycles. The van der Waals surface area contributed by atoms with E-state index in [-0.39, 0.29) is 12.4 Å². The lowest BCUT2D eigenvalue weighted by atomic mass is 10.1. The van der Waals surface area contributed by atoms with Crippen LogP contribution >= 0.6 is 11.3 Å². The van der Waals surface area contributed by atoms with Gasteiger partial charge in [-0.25, -0.2) is 4.98 Å². The first-order valence-electron chi connectivity index (χ1n) is 6.97. The first kappa shape index (κ1) is 15.3. The van der Waals surface area contributed by atoms with E-state index >= 15 is 0 Å². The summed E-state index contributed by atoms with van der Waals surface area (Å²) < 4.78 is 16.4. The van der Waals surface area contributed by atoms with Gasteiger partial charge < -0.3 is 13.9 Å². The van der Waals surface area contributed by atoms with Crippen molar-refractivity contribution in [3.8, 4) is 22.3 Å². The predicted octanol–water partition coefficient (Wildman–Crippen LogP) is 4.19. The summed E-state index contributed by atoms with van der Waals surface area (Å²) in [4.78, 5) is 16.8. The minimum Gasteiger partial charge on any atom is -0.493 e. The highest BCUT2D eigenvalue weighted by atomic mass is 32.1. The lowest BCUT2D eigenvalue weighted by molar-refractivity contribution is 0.101. The van der Waals surface area contributed by atoms with Crippen molar-refractivity contribution in [2.45, 2.75) is 13.5 Å². The van der Waals surface area contributed by atoms with Gasteiger partial charge in [0.25, 0.3) is 0 Å². The molecule has 23 heavy (non-hydrogen) atoms. The summed E-state index contributed by atoms with van der Waals surface area (Å²) >= 11 is 1.57. The van der Waals surface area contributed by atoms with Crippen molar-refractivity contribution in [1.29, 1.82) is 0 Å². The van der Waals surface area contributed by atoms with Crippen molar-refractivity contribution in [3.63, 3.8) is 0 Å². The Morgan fingerprint density at radius 2 is 2.17 bits per heavy atom. The predicted molar refractivity (Wildman–Crippen MR) is 87.1 cm³/mol. The second kappa shape index (κ2) is 6.66. The van der Waals surface area contributed by atoms with E-state index in [2.05, 4.69) is 4.98 Å². The molecule has 3 rings (SSSR count). The molecule has 0 aliphatic carbocycles. The second-order valence-corrected chi connectivity index (χ2v) is 5.78. The van der Waals surface area contributed by atoms with Crippen LogP contribution in [0.3, 0.4) is 0 Å². The average Bonchev–Trinajstić information content (AvgIpc) is 3.23. The van der Waals surface area contributed by atoms with Crippen LogP contribution in [0.1, 0.15) is 23.0 Å². The van der Waals surface area contributed by atoms with Crippen molar-refractivity contribution >= 4 is 17.1 Å². The summed E-state index contributed by atoms with van der Waals surface area (Å²) in [6.45, 7) is 1.77. The maximum Gasteiger partial charge on any atom is 0.236 e. The van der Waals surface area contributed by atoms with Crippen molar-refractivity contribution in [2.24, 2.45) is 0 Å². The Hall–Kier alpha value is -2.60. The Balaban J connectivity index is 1.72. The molecule has 0 bridgehead atoms. The molecule has 0 atom stereocenters. The number of ether oxygens (including phenoxy) is 2. The number of ketones is 1. The third-order valence-corrected chi connectivity index (χ3v) is 4.09. The second-order valence-electron chi connectivity index (χ2n) is 4.83. The number of carbonyl (C=O) groups is 1. The van der Waals surface area contributed by atoms with Crippen LogP contribution in [0.4, 0.5) is 0 Å². The molecule has 0 aliphatic heterocycles. The van der Waals surface area contributed by atoms with Gasteiger partial charge >= 0.3 is 0 Å². The van der Waals surface area contributed by atoms with E-state index in [0.29, 0.717) is 28.6 Å². The maximum absolute atomic E-state index is 11.4. The van der Waals surface area contributed by atoms with E-state index in [1.807, 2.05) is 17.5 Å². The first-order chi connectivity index (χ1) is 11.2. The molecule has 0 unspecified atom stereocenters. The number of methoxy groups -OCH3 is 1. The molecule has 0 aliphatic rings. The Morgan fingerprint density at radius 1 is 1.30 bits per heavy atom. The highest BCUT2D eigenvalue weighted by Gasteiger charge is 2.11. The van der Waals surface area contributed by atoms with Crippen LogP contribution in [-0.2, 0) is 6.61 Å². The lowest BCUT2D eigenvalue weighted by Crippen LogP contribution is -2.00. The standard InChI is InChI=1S/C17H15NO4S/c1-11(19)12-5-6-14(15(8-12)20-2)21-9-13-10-22-17(18-13)16-4-3-7-23-16/h3-8,10H,9H2,1-2H3. The molecular weight excluding hydrogens is 314 g/mol. The number of Topliss-reactive ketones (excluding diaryl/α,β-unsaturated/α-hetero) is 1. The van der Waals surface area contributed by atoms with Crippen LogP contribution in [0.25, 0.3) is 10.8 Å². The normalized spacial score (nSPS) is 10.5. The van der Waals surface area contributed by atoms with Gasteiger partial charge in [0.05, 0.1) is 12.0 Å². The minimum atomic E-state index is -0.0214. The number of hydrogen-bond donors (Lipinski definition) is 0. The Bertz CT molecular complexity index is 808. The van der Waals surface area contributed by atoms with Crippen LogP contribution in [0, 0.1) is 0 Å². The lowest BCUT2D eigenvalue weighted by Gasteiger charge is -2.10. The number of thiophene rings is 1. The molecule has 0 saturated carbocycles. The largest absolute Gasteiger partial charge is 0.493 e. The summed E-state index contributed by atoms with van der Waals surface area (Å²) in [7, 11) is 1.54. The molecule has 5 nitrogen and oxygen atoms in total. The summed E-state index contributed by atoms with van der Waals surface area (Å²) in [5.41, 5.74) is 1.27. The Labute approximate surface area is 137 Å². The molecule has 1 aromatic carbocycles. The topological polar surface area (TPSA) is 61.6 Å². The molecule has 2 heterocycles. The molecule has 0 spiro atoms. The van der Waals surface area contributed by atoms with Crippen LogP contribution < -0.4 is 9.47 Å². The van der Waals surface area contributed by atoms with Crippen LogP contribution in [0.5, 0.6) is 11.5 Å². The van der Waals surface area contributed by atoms with E-state index in [1.54, 1.807) is 35.8 Å². The van der Waals surface area contributed by atoms with Gasteiger partial charge in [0, 0.05) is 5.56 Å². The number of aromatic nitrogens is 1. The SMILES string of the molecule is COc1cc(C(C)=O)ccc1OCc1coc(-c2cccs2)n1. The Kier molecular flexibility index (Phi) is 4.43. The summed E-state index contributed by atoms with van der Waals surface area (Å²) in [6, 6.07) is 8.99. The summed E-state index contributed by atoms with van der Waals surface area (Å²) in [5.74, 6) is 1.63. The van der Waals surface area contributed by atoms with Gasteiger partial charge in [0.2, 0.25) is 5.89 Å². The number of carbonyl (C=O) groups excluding carboxylic acids is 1. The number of oxazole rings is 1. The van der Waals surface area contributed by atoms with Crippen molar-refractivity contribution in [1.82, 2.24) is 4.98 Å². The highest BCUT2D eigenvalue weighted by molar-refractivity contribution is 7.13. The van der Waals surface area contributed by atoms with Crippen molar-refractivity contribution in [3.05, 3.63) is 53.2 Å². The molecule has 0 radical (unpaired) electrons. The fourth-order valence-electron chi connectivity index (χ4n) is 2.04. The molecule has 3 aromatic rings. The van der Waals surface area contributed by atoms with E-state index in [0.717, 1.165) is 4.88 Å². The molecule has 2 aromatic heterocycles. The zero-order chi connectivity index (χ0) is 16.2. The first-order valence-corrected chi connectivity index (χ1v) is 7.85. The van der Waals surface area contributed by atoms with E-state index in [9.17, 15) is 4.79 Å². The minimum absolute atomic E-state index is 0.0214. The quantitative estimate of drug-likeness (QED) is 0.634. The van der Waals surface area contributed by atoms with E-state index in [1.165, 1.54) is 14.0 Å². The van der Waals surface area contributed by atoms with Crippen LogP contribution in [-0.4, -0.2) is 17.9 Å². The van der Waals surface area contributed by atoms with Gasteiger partial charge in [0.1, 0.15) is 18.6 Å². The molecule has 0 N–H and O–H groups in total. The summed E-state index contributed by atoms with van der Waals surface area (Å²) in [6.07, 6.45) is 1.57. The zero-order valence-corrected chi connectivity index (χ0v) is 13.6. The smallest absolute Gasteiger partial charge is 0.236 e. The molecule has 118 valence electrons. The maximum atomic E-state index is 11.4. The number of nitrogens with zero attached hydrogens (tertiary/aromatic N) is 1. The number of benzene rings is 1. The Morgan fingerprint density at radius 3 is 2.87 bits per heavy atom. The molecule has 6 heteroatoms. The third-order valence-electron chi connectivity index (χ3n) is 3.23. The number of rotatable bonds is 6. The van der Waals surface area contributed by atoms with Crippen LogP contribution in [0.2, 0.25) is 0 Å². The zero-order valence-electron chi connectivity index (χ0n) is 12.7. The van der Waals surface area contributed by atoms with E-state index < -0.39 is 0 Å². The highest BCUT2D eigenvalue weighted by Crippen LogP contribution is 2.29. The fourth-order valence-corrected chi connectivity index (χ4v) is 2.70. The van der Waals surface area contributed by atoms with Gasteiger partial charge in [-0.2, -0.15) is 0 Å². The fraction of sp³-hybridized carbons (Fsp3) is 0.176. The monoisotopic (exact) mass is 329 g/mol. The van der Waals surface area contributed by atoms with Crippen LogP contribution in [0.15, 0.2) is 46.4 Å².